The summed E-state index contributed by atoms with van der Waals surface area (Å²) in [6.45, 7) is -2.27. The summed E-state index contributed by atoms with van der Waals surface area (Å²) in [5.74, 6) is -2.01. The van der Waals surface area contributed by atoms with E-state index in [0.29, 0.717) is 0 Å². The van der Waals surface area contributed by atoms with Gasteiger partial charge in [-0.15, -0.1) is 0 Å². The van der Waals surface area contributed by atoms with Gasteiger partial charge in [0, 0.05) is 11.9 Å². The van der Waals surface area contributed by atoms with Crippen molar-refractivity contribution in [3.63, 3.8) is 0 Å². The van der Waals surface area contributed by atoms with Gasteiger partial charge in [0.15, 0.2) is 0 Å². The molecule has 29 heavy (non-hydrogen) atoms. The number of anilines is 2. The van der Waals surface area contributed by atoms with Crippen LogP contribution in [-0.4, -0.2) is 36.1 Å². The van der Waals surface area contributed by atoms with Crippen molar-refractivity contribution in [3.05, 3.63) is 53.7 Å². The fourth-order valence-electron chi connectivity index (χ4n) is 2.12. The monoisotopic (exact) mass is 420 g/mol. The number of benzene rings is 1. The van der Waals surface area contributed by atoms with Gasteiger partial charge < -0.3 is 16.0 Å². The van der Waals surface area contributed by atoms with Crippen molar-refractivity contribution in [1.29, 1.82) is 0 Å². The van der Waals surface area contributed by atoms with Crippen LogP contribution in [0.2, 0.25) is 0 Å². The van der Waals surface area contributed by atoms with Crippen molar-refractivity contribution in [1.82, 2.24) is 15.6 Å². The molecule has 156 valence electrons. The molecule has 0 aliphatic carbocycles. The highest BCUT2D eigenvalue weighted by Crippen LogP contribution is 2.31. The first kappa shape index (κ1) is 22.0. The van der Waals surface area contributed by atoms with E-state index >= 15 is 0 Å². The standard InChI is InChI=1S/C17H14F6N4O2/c18-16(19,20)9-26-13(28)8-25-15(29)12-5-2-6-24-14(12)27-11-4-1-3-10(7-11)17(21,22)23/h1-7H,8-9H2,(H,24,27)(H,25,29)(H,26,28). The van der Waals surface area contributed by atoms with Crippen LogP contribution in [-0.2, 0) is 11.0 Å². The van der Waals surface area contributed by atoms with Crippen LogP contribution in [0.5, 0.6) is 0 Å². The topological polar surface area (TPSA) is 83.1 Å². The summed E-state index contributed by atoms with van der Waals surface area (Å²) in [6, 6.07) is 6.84. The van der Waals surface area contributed by atoms with E-state index in [0.717, 1.165) is 12.1 Å². The molecule has 0 spiro atoms. The van der Waals surface area contributed by atoms with Gasteiger partial charge in [-0.3, -0.25) is 9.59 Å². The lowest BCUT2D eigenvalue weighted by atomic mass is 10.2. The van der Waals surface area contributed by atoms with Gasteiger partial charge in [-0.1, -0.05) is 6.07 Å². The largest absolute Gasteiger partial charge is 0.416 e. The third-order valence-corrected chi connectivity index (χ3v) is 3.40. The first-order valence-electron chi connectivity index (χ1n) is 7.96. The number of halogens is 6. The summed E-state index contributed by atoms with van der Waals surface area (Å²) in [6.07, 6.45) is -7.88. The van der Waals surface area contributed by atoms with Crippen molar-refractivity contribution in [2.24, 2.45) is 0 Å². The summed E-state index contributed by atoms with van der Waals surface area (Å²) in [4.78, 5) is 27.5. The van der Waals surface area contributed by atoms with E-state index in [2.05, 4.69) is 15.6 Å². The average Bonchev–Trinajstić information content (AvgIpc) is 2.64. The molecule has 0 radical (unpaired) electrons. The Bertz CT molecular complexity index is 883. The zero-order valence-electron chi connectivity index (χ0n) is 14.5. The average molecular weight is 420 g/mol. The highest BCUT2D eigenvalue weighted by atomic mass is 19.4. The lowest BCUT2D eigenvalue weighted by Gasteiger charge is -2.13. The van der Waals surface area contributed by atoms with Gasteiger partial charge >= 0.3 is 12.4 Å². The third-order valence-electron chi connectivity index (χ3n) is 3.40. The second-order valence-corrected chi connectivity index (χ2v) is 5.68. The number of carbonyl (C=O) groups excluding carboxylic acids is 2. The van der Waals surface area contributed by atoms with Gasteiger partial charge in [-0.25, -0.2) is 4.98 Å². The van der Waals surface area contributed by atoms with E-state index in [4.69, 9.17) is 0 Å². The zero-order valence-corrected chi connectivity index (χ0v) is 14.5. The summed E-state index contributed by atoms with van der Waals surface area (Å²) < 4.78 is 74.6. The fraction of sp³-hybridized carbons (Fsp3) is 0.235. The minimum Gasteiger partial charge on any atom is -0.345 e. The number of carbonyl (C=O) groups is 2. The van der Waals surface area contributed by atoms with Gasteiger partial charge in [-0.2, -0.15) is 26.3 Å². The minimum atomic E-state index is -4.59. The lowest BCUT2D eigenvalue weighted by Crippen LogP contribution is -2.41. The summed E-state index contributed by atoms with van der Waals surface area (Å²) in [5.41, 5.74) is -1.02. The van der Waals surface area contributed by atoms with Crippen LogP contribution in [0.1, 0.15) is 15.9 Å². The van der Waals surface area contributed by atoms with E-state index in [9.17, 15) is 35.9 Å². The van der Waals surface area contributed by atoms with Gasteiger partial charge in [0.1, 0.15) is 12.4 Å². The molecule has 1 heterocycles. The Morgan fingerprint density at radius 3 is 2.34 bits per heavy atom. The SMILES string of the molecule is O=C(CNC(=O)c1cccnc1Nc1cccc(C(F)(F)F)c1)NCC(F)(F)F. The summed E-state index contributed by atoms with van der Waals surface area (Å²) >= 11 is 0. The maximum absolute atomic E-state index is 12.8. The summed E-state index contributed by atoms with van der Waals surface area (Å²) in [7, 11) is 0. The molecule has 0 fully saturated rings. The molecule has 12 heteroatoms. The molecule has 1 aromatic carbocycles. The van der Waals surface area contributed by atoms with Crippen molar-refractivity contribution in [3.8, 4) is 0 Å². The van der Waals surface area contributed by atoms with Gasteiger partial charge in [0.2, 0.25) is 5.91 Å². The Morgan fingerprint density at radius 1 is 0.966 bits per heavy atom. The van der Waals surface area contributed by atoms with Gasteiger partial charge in [-0.05, 0) is 30.3 Å². The van der Waals surface area contributed by atoms with Gasteiger partial charge in [0.05, 0.1) is 17.7 Å². The quantitative estimate of drug-likeness (QED) is 0.627. The number of hydrogen-bond acceptors (Lipinski definition) is 4. The molecule has 2 aromatic rings. The fourth-order valence-corrected chi connectivity index (χ4v) is 2.12. The van der Waals surface area contributed by atoms with E-state index in [1.54, 1.807) is 5.32 Å². The predicted octanol–water partition coefficient (Wildman–Crippen LogP) is 3.25. The smallest absolute Gasteiger partial charge is 0.345 e. The van der Waals surface area contributed by atoms with Crippen LogP contribution in [0, 0.1) is 0 Å². The van der Waals surface area contributed by atoms with Crippen LogP contribution in [0.4, 0.5) is 37.8 Å². The van der Waals surface area contributed by atoms with Crippen molar-refractivity contribution in [2.75, 3.05) is 18.4 Å². The minimum absolute atomic E-state index is 0.00972. The molecule has 0 aliphatic rings. The number of nitrogens with one attached hydrogen (secondary N) is 3. The Kier molecular flexibility index (Phi) is 6.67. The predicted molar refractivity (Wildman–Crippen MR) is 90.4 cm³/mol. The van der Waals surface area contributed by atoms with Crippen LogP contribution >= 0.6 is 0 Å². The molecule has 1 aromatic heterocycles. The molecular formula is C17H14F6N4O2. The third kappa shape index (κ3) is 6.97. The molecule has 0 saturated heterocycles. The lowest BCUT2D eigenvalue weighted by molar-refractivity contribution is -0.137. The number of alkyl halides is 6. The molecule has 0 saturated carbocycles. The second kappa shape index (κ2) is 8.80. The first-order valence-corrected chi connectivity index (χ1v) is 7.96. The molecule has 2 rings (SSSR count). The summed E-state index contributed by atoms with van der Waals surface area (Å²) in [5, 5.41) is 6.28. The molecule has 0 bridgehead atoms. The zero-order chi connectivity index (χ0) is 21.7. The van der Waals surface area contributed by atoms with E-state index in [1.807, 2.05) is 0 Å². The number of nitrogens with zero attached hydrogens (tertiary/aromatic N) is 1. The number of aromatic nitrogens is 1. The Balaban J connectivity index is 2.07. The highest BCUT2D eigenvalue weighted by Gasteiger charge is 2.30. The maximum atomic E-state index is 12.8. The molecule has 3 N–H and O–H groups in total. The first-order chi connectivity index (χ1) is 13.5. The van der Waals surface area contributed by atoms with Crippen molar-refractivity contribution in [2.45, 2.75) is 12.4 Å². The highest BCUT2D eigenvalue weighted by molar-refractivity contribution is 6.00. The molecule has 6 nitrogen and oxygen atoms in total. The van der Waals surface area contributed by atoms with Crippen LogP contribution in [0.25, 0.3) is 0 Å². The Hall–Kier alpha value is -3.31. The maximum Gasteiger partial charge on any atom is 0.416 e. The van der Waals surface area contributed by atoms with E-state index < -0.39 is 42.8 Å². The molecule has 2 amide bonds. The van der Waals surface area contributed by atoms with E-state index in [-0.39, 0.29) is 17.1 Å². The number of pyridine rings is 1. The van der Waals surface area contributed by atoms with Crippen LogP contribution < -0.4 is 16.0 Å². The number of amides is 2. The number of hydrogen-bond donors (Lipinski definition) is 3. The Labute approximate surface area is 160 Å². The normalized spacial score (nSPS) is 11.7. The van der Waals surface area contributed by atoms with Gasteiger partial charge in [0.25, 0.3) is 5.91 Å². The van der Waals surface area contributed by atoms with Crippen LogP contribution in [0.3, 0.4) is 0 Å². The molecule has 0 aliphatic heterocycles. The Morgan fingerprint density at radius 2 is 1.69 bits per heavy atom. The van der Waals surface area contributed by atoms with Crippen molar-refractivity contribution < 1.29 is 35.9 Å². The second-order valence-electron chi connectivity index (χ2n) is 5.68. The molecule has 0 atom stereocenters. The van der Waals surface area contributed by atoms with Crippen molar-refractivity contribution >= 4 is 23.3 Å². The molecular weight excluding hydrogens is 406 g/mol. The van der Waals surface area contributed by atoms with Crippen LogP contribution in [0.15, 0.2) is 42.6 Å². The molecule has 0 unspecified atom stereocenters. The number of rotatable bonds is 6. The van der Waals surface area contributed by atoms with E-state index in [1.165, 1.54) is 30.5 Å².